The van der Waals surface area contributed by atoms with Crippen molar-refractivity contribution in [3.05, 3.63) is 16.1 Å². The molecule has 0 aliphatic rings. The van der Waals surface area contributed by atoms with Gasteiger partial charge in [0.05, 0.1) is 5.69 Å². The van der Waals surface area contributed by atoms with E-state index in [-0.39, 0.29) is 5.60 Å². The van der Waals surface area contributed by atoms with Gasteiger partial charge in [-0.2, -0.15) is 0 Å². The largest absolute Gasteiger partial charge is 0.369 e. The van der Waals surface area contributed by atoms with Gasteiger partial charge in [0.2, 0.25) is 0 Å². The van der Waals surface area contributed by atoms with Crippen LogP contribution in [0.15, 0.2) is 5.38 Å². The Hall–Kier alpha value is -0.450. The Morgan fingerprint density at radius 1 is 1.47 bits per heavy atom. The van der Waals surface area contributed by atoms with Gasteiger partial charge in [0.15, 0.2) is 0 Å². The fraction of sp³-hybridized carbons (Fsp3) is 0.727. The Morgan fingerprint density at radius 2 is 2.20 bits per heavy atom. The third-order valence-electron chi connectivity index (χ3n) is 2.13. The first-order chi connectivity index (χ1) is 7.10. The first-order valence-corrected chi connectivity index (χ1v) is 6.27. The fourth-order valence-corrected chi connectivity index (χ4v) is 2.24. The summed E-state index contributed by atoms with van der Waals surface area (Å²) in [6.45, 7) is 10.8. The molecule has 0 bridgehead atoms. The zero-order valence-corrected chi connectivity index (χ0v) is 10.8. The lowest BCUT2D eigenvalue weighted by Gasteiger charge is -2.21. The van der Waals surface area contributed by atoms with Gasteiger partial charge in [-0.1, -0.05) is 6.92 Å². The highest BCUT2D eigenvalue weighted by Gasteiger charge is 2.24. The summed E-state index contributed by atoms with van der Waals surface area (Å²) in [5.74, 6) is 0. The highest BCUT2D eigenvalue weighted by molar-refractivity contribution is 7.09. The van der Waals surface area contributed by atoms with Crippen LogP contribution in [0, 0.1) is 0 Å². The van der Waals surface area contributed by atoms with Crippen molar-refractivity contribution >= 4 is 11.3 Å². The topological polar surface area (TPSA) is 34.1 Å². The molecule has 0 aliphatic heterocycles. The van der Waals surface area contributed by atoms with Crippen LogP contribution in [-0.2, 0) is 16.9 Å². The zero-order valence-electron chi connectivity index (χ0n) is 9.96. The predicted octanol–water partition coefficient (Wildman–Crippen LogP) is 2.52. The Morgan fingerprint density at radius 3 is 2.80 bits per heavy atom. The van der Waals surface area contributed by atoms with Gasteiger partial charge in [0, 0.05) is 18.5 Å². The molecule has 4 heteroatoms. The molecule has 1 aromatic heterocycles. The Balaban J connectivity index is 2.66. The minimum Gasteiger partial charge on any atom is -0.369 e. The molecule has 0 saturated carbocycles. The summed E-state index contributed by atoms with van der Waals surface area (Å²) in [5.41, 5.74) is 0.841. The summed E-state index contributed by atoms with van der Waals surface area (Å²) in [4.78, 5) is 4.57. The monoisotopic (exact) mass is 228 g/mol. The molecule has 0 spiro atoms. The van der Waals surface area contributed by atoms with Crippen molar-refractivity contribution in [2.45, 2.75) is 39.8 Å². The van der Waals surface area contributed by atoms with Gasteiger partial charge in [0.25, 0.3) is 0 Å². The quantitative estimate of drug-likeness (QED) is 0.812. The molecule has 0 atom stereocenters. The molecule has 1 rings (SSSR count). The van der Waals surface area contributed by atoms with Crippen molar-refractivity contribution in [1.82, 2.24) is 10.3 Å². The van der Waals surface area contributed by atoms with Gasteiger partial charge >= 0.3 is 0 Å². The highest BCUT2D eigenvalue weighted by Crippen LogP contribution is 2.27. The number of nitrogens with one attached hydrogen (secondary N) is 1. The molecule has 0 unspecified atom stereocenters. The lowest BCUT2D eigenvalue weighted by Crippen LogP contribution is -2.21. The average molecular weight is 228 g/mol. The van der Waals surface area contributed by atoms with Crippen LogP contribution in [0.5, 0.6) is 0 Å². The number of thiazole rings is 1. The molecule has 86 valence electrons. The van der Waals surface area contributed by atoms with E-state index < -0.39 is 0 Å². The normalized spacial score (nSPS) is 12.0. The maximum Gasteiger partial charge on any atom is 0.124 e. The number of ether oxygens (including phenoxy) is 1. The SMILES string of the molecule is CCNCc1csc(C(C)(C)OCC)n1. The van der Waals surface area contributed by atoms with E-state index in [0.717, 1.165) is 30.4 Å². The molecule has 0 fully saturated rings. The lowest BCUT2D eigenvalue weighted by atomic mass is 10.1. The maximum absolute atomic E-state index is 5.66. The van der Waals surface area contributed by atoms with Crippen molar-refractivity contribution in [3.63, 3.8) is 0 Å². The Kier molecular flexibility index (Phi) is 4.70. The average Bonchev–Trinajstić information content (AvgIpc) is 2.63. The van der Waals surface area contributed by atoms with Gasteiger partial charge in [-0.25, -0.2) is 4.98 Å². The molecule has 0 saturated heterocycles. The van der Waals surface area contributed by atoms with Crippen molar-refractivity contribution in [3.8, 4) is 0 Å². The lowest BCUT2D eigenvalue weighted by molar-refractivity contribution is -0.0142. The second-order valence-corrected chi connectivity index (χ2v) is 4.73. The first kappa shape index (κ1) is 12.6. The second kappa shape index (κ2) is 5.58. The molecule has 1 N–H and O–H groups in total. The summed E-state index contributed by atoms with van der Waals surface area (Å²) in [6, 6.07) is 0. The molecule has 0 radical (unpaired) electrons. The van der Waals surface area contributed by atoms with Gasteiger partial charge < -0.3 is 10.1 Å². The molecular formula is C11H20N2OS. The molecular weight excluding hydrogens is 208 g/mol. The molecule has 3 nitrogen and oxygen atoms in total. The van der Waals surface area contributed by atoms with E-state index in [0.29, 0.717) is 0 Å². The standard InChI is InChI=1S/C11H20N2OS/c1-5-12-7-9-8-15-10(13-9)11(3,4)14-6-2/h8,12H,5-7H2,1-4H3. The van der Waals surface area contributed by atoms with Crippen LogP contribution < -0.4 is 5.32 Å². The van der Waals surface area contributed by atoms with E-state index >= 15 is 0 Å². The highest BCUT2D eigenvalue weighted by atomic mass is 32.1. The molecule has 0 aliphatic carbocycles. The summed E-state index contributed by atoms with van der Waals surface area (Å²) in [5, 5.41) is 6.41. The van der Waals surface area contributed by atoms with E-state index in [9.17, 15) is 0 Å². The molecule has 0 amide bonds. The third-order valence-corrected chi connectivity index (χ3v) is 3.32. The number of nitrogens with zero attached hydrogens (tertiary/aromatic N) is 1. The van der Waals surface area contributed by atoms with E-state index in [1.807, 2.05) is 6.92 Å². The summed E-state index contributed by atoms with van der Waals surface area (Å²) < 4.78 is 5.66. The van der Waals surface area contributed by atoms with E-state index in [1.165, 1.54) is 0 Å². The first-order valence-electron chi connectivity index (χ1n) is 5.39. The number of hydrogen-bond acceptors (Lipinski definition) is 4. The van der Waals surface area contributed by atoms with Gasteiger partial charge in [-0.3, -0.25) is 0 Å². The van der Waals surface area contributed by atoms with E-state index in [1.54, 1.807) is 11.3 Å². The van der Waals surface area contributed by atoms with Crippen molar-refractivity contribution < 1.29 is 4.74 Å². The van der Waals surface area contributed by atoms with Crippen LogP contribution in [0.1, 0.15) is 38.4 Å². The van der Waals surface area contributed by atoms with Crippen LogP contribution in [0.2, 0.25) is 0 Å². The minimum atomic E-state index is -0.260. The van der Waals surface area contributed by atoms with Crippen molar-refractivity contribution in [1.29, 1.82) is 0 Å². The van der Waals surface area contributed by atoms with Crippen LogP contribution >= 0.6 is 11.3 Å². The van der Waals surface area contributed by atoms with Crippen molar-refractivity contribution in [2.24, 2.45) is 0 Å². The summed E-state index contributed by atoms with van der Waals surface area (Å²) in [7, 11) is 0. The molecule has 1 aromatic rings. The van der Waals surface area contributed by atoms with Crippen LogP contribution in [0.3, 0.4) is 0 Å². The third kappa shape index (κ3) is 3.55. The van der Waals surface area contributed by atoms with Crippen molar-refractivity contribution in [2.75, 3.05) is 13.2 Å². The predicted molar refractivity (Wildman–Crippen MR) is 64.1 cm³/mol. The summed E-state index contributed by atoms with van der Waals surface area (Å²) in [6.07, 6.45) is 0. The van der Waals surface area contributed by atoms with E-state index in [2.05, 4.69) is 36.5 Å². The van der Waals surface area contributed by atoms with Crippen LogP contribution in [0.25, 0.3) is 0 Å². The van der Waals surface area contributed by atoms with Gasteiger partial charge in [0.1, 0.15) is 10.6 Å². The number of hydrogen-bond donors (Lipinski definition) is 1. The smallest absolute Gasteiger partial charge is 0.124 e. The van der Waals surface area contributed by atoms with Crippen LogP contribution in [0.4, 0.5) is 0 Å². The second-order valence-electron chi connectivity index (χ2n) is 3.87. The minimum absolute atomic E-state index is 0.260. The maximum atomic E-state index is 5.66. The zero-order chi connectivity index (χ0) is 11.3. The van der Waals surface area contributed by atoms with Gasteiger partial charge in [-0.05, 0) is 27.3 Å². The summed E-state index contributed by atoms with van der Waals surface area (Å²) >= 11 is 1.67. The Bertz CT molecular complexity index is 297. The van der Waals surface area contributed by atoms with Gasteiger partial charge in [-0.15, -0.1) is 11.3 Å². The Labute approximate surface area is 95.9 Å². The van der Waals surface area contributed by atoms with E-state index in [4.69, 9.17) is 4.74 Å². The molecule has 0 aromatic carbocycles. The number of rotatable bonds is 6. The number of aromatic nitrogens is 1. The fourth-order valence-electron chi connectivity index (χ4n) is 1.34. The molecule has 15 heavy (non-hydrogen) atoms. The molecule has 1 heterocycles. The van der Waals surface area contributed by atoms with Crippen LogP contribution in [-0.4, -0.2) is 18.1 Å².